The molecule has 0 bridgehead atoms. The maximum atomic E-state index is 14.2. The molecule has 0 spiro atoms. The van der Waals surface area contributed by atoms with Crippen LogP contribution in [0.25, 0.3) is 0 Å². The third-order valence-electron chi connectivity index (χ3n) is 5.53. The van der Waals surface area contributed by atoms with E-state index in [0.717, 1.165) is 11.1 Å². The summed E-state index contributed by atoms with van der Waals surface area (Å²) in [4.78, 5) is 25.9. The molecule has 3 aromatic carbocycles. The molecule has 0 aromatic heterocycles. The van der Waals surface area contributed by atoms with Crippen molar-refractivity contribution in [3.63, 3.8) is 0 Å². The van der Waals surface area contributed by atoms with E-state index in [1.54, 1.807) is 53.4 Å². The second-order valence-corrected chi connectivity index (χ2v) is 7.77. The summed E-state index contributed by atoms with van der Waals surface area (Å²) in [5.41, 5.74) is 8.08. The number of amides is 2. The van der Waals surface area contributed by atoms with Crippen molar-refractivity contribution in [2.24, 2.45) is 5.73 Å². The van der Waals surface area contributed by atoms with Gasteiger partial charge in [0.1, 0.15) is 0 Å². The fourth-order valence-electron chi connectivity index (χ4n) is 3.84. The van der Waals surface area contributed by atoms with Gasteiger partial charge in [-0.3, -0.25) is 9.59 Å². The largest absolute Gasteiger partial charge is 0.493 e. The Balaban J connectivity index is 1.61. The van der Waals surface area contributed by atoms with Crippen LogP contribution in [-0.4, -0.2) is 25.5 Å². The number of aryl methyl sites for hydroxylation is 1. The Morgan fingerprint density at radius 2 is 1.88 bits per heavy atom. The molecule has 0 saturated carbocycles. The summed E-state index contributed by atoms with van der Waals surface area (Å²) in [5.74, 6) is -0.237. The first-order valence-electron chi connectivity index (χ1n) is 10.2. The predicted octanol–water partition coefficient (Wildman–Crippen LogP) is 4.55. The van der Waals surface area contributed by atoms with Crippen LogP contribution in [0.15, 0.2) is 60.7 Å². The molecule has 7 heteroatoms. The molecule has 2 N–H and O–H groups in total. The van der Waals surface area contributed by atoms with Crippen molar-refractivity contribution in [3.05, 3.63) is 83.2 Å². The van der Waals surface area contributed by atoms with E-state index in [4.69, 9.17) is 15.2 Å². The minimum atomic E-state index is -0.546. The van der Waals surface area contributed by atoms with Crippen LogP contribution < -0.4 is 20.1 Å². The third-order valence-corrected chi connectivity index (χ3v) is 5.53. The molecule has 4 rings (SSSR count). The van der Waals surface area contributed by atoms with E-state index in [1.165, 1.54) is 13.2 Å². The highest BCUT2D eigenvalue weighted by atomic mass is 19.1. The highest BCUT2D eigenvalue weighted by molar-refractivity contribution is 5.99. The Labute approximate surface area is 185 Å². The number of rotatable bonds is 6. The number of carbonyl (C=O) groups excluding carboxylic acids is 2. The molecule has 1 heterocycles. The zero-order valence-electron chi connectivity index (χ0n) is 17.8. The zero-order valence-corrected chi connectivity index (χ0v) is 17.8. The lowest BCUT2D eigenvalue weighted by molar-refractivity contribution is -0.117. The summed E-state index contributed by atoms with van der Waals surface area (Å²) in [6, 6.07) is 16.7. The minimum Gasteiger partial charge on any atom is -0.493 e. The van der Waals surface area contributed by atoms with Crippen molar-refractivity contribution >= 4 is 17.5 Å². The topological polar surface area (TPSA) is 81.9 Å². The summed E-state index contributed by atoms with van der Waals surface area (Å²) >= 11 is 0. The zero-order chi connectivity index (χ0) is 22.8. The molecule has 3 aromatic rings. The van der Waals surface area contributed by atoms with Gasteiger partial charge in [-0.25, -0.2) is 4.39 Å². The quantitative estimate of drug-likeness (QED) is 0.617. The molecule has 1 aliphatic heterocycles. The molecular formula is C25H23FN2O4. The van der Waals surface area contributed by atoms with Crippen molar-refractivity contribution < 1.29 is 23.5 Å². The summed E-state index contributed by atoms with van der Waals surface area (Å²) in [6.07, 6.45) is 0.297. The van der Waals surface area contributed by atoms with E-state index in [9.17, 15) is 14.0 Å². The number of primary amides is 1. The number of benzene rings is 3. The van der Waals surface area contributed by atoms with Gasteiger partial charge < -0.3 is 20.1 Å². The van der Waals surface area contributed by atoms with Crippen LogP contribution >= 0.6 is 0 Å². The lowest BCUT2D eigenvalue weighted by Gasteiger charge is -2.18. The Morgan fingerprint density at radius 1 is 1.06 bits per heavy atom. The van der Waals surface area contributed by atoms with E-state index in [1.807, 2.05) is 13.0 Å². The van der Waals surface area contributed by atoms with Crippen LogP contribution in [0.2, 0.25) is 0 Å². The predicted molar refractivity (Wildman–Crippen MR) is 119 cm³/mol. The van der Waals surface area contributed by atoms with Gasteiger partial charge in [0.15, 0.2) is 23.1 Å². The van der Waals surface area contributed by atoms with Crippen LogP contribution in [0, 0.1) is 12.7 Å². The van der Waals surface area contributed by atoms with E-state index in [2.05, 4.69) is 0 Å². The Bertz CT molecular complexity index is 1190. The van der Waals surface area contributed by atoms with Crippen LogP contribution in [0.5, 0.6) is 17.2 Å². The van der Waals surface area contributed by atoms with Gasteiger partial charge in [-0.2, -0.15) is 0 Å². The molecule has 0 aliphatic carbocycles. The fourth-order valence-corrected chi connectivity index (χ4v) is 3.84. The molecule has 164 valence electrons. The Kier molecular flexibility index (Phi) is 5.81. The summed E-state index contributed by atoms with van der Waals surface area (Å²) < 4.78 is 25.4. The number of nitrogens with two attached hydrogens (primary N) is 1. The molecule has 0 radical (unpaired) electrons. The normalized spacial score (nSPS) is 15.7. The summed E-state index contributed by atoms with van der Waals surface area (Å²) in [6.45, 7) is 2.29. The number of methoxy groups -OCH3 is 1. The Morgan fingerprint density at radius 3 is 2.62 bits per heavy atom. The average Bonchev–Trinajstić information content (AvgIpc) is 3.18. The van der Waals surface area contributed by atoms with Gasteiger partial charge >= 0.3 is 0 Å². The maximum Gasteiger partial charge on any atom is 0.248 e. The Hall–Kier alpha value is -3.87. The van der Waals surface area contributed by atoms with Gasteiger partial charge in [0.25, 0.3) is 0 Å². The van der Waals surface area contributed by atoms with Crippen molar-refractivity contribution in [1.29, 1.82) is 0 Å². The number of ether oxygens (including phenoxy) is 2. The maximum absolute atomic E-state index is 14.2. The van der Waals surface area contributed by atoms with Crippen molar-refractivity contribution in [2.75, 3.05) is 18.6 Å². The van der Waals surface area contributed by atoms with Crippen LogP contribution in [0.3, 0.4) is 0 Å². The molecule has 32 heavy (non-hydrogen) atoms. The molecule has 1 fully saturated rings. The number of anilines is 1. The van der Waals surface area contributed by atoms with Gasteiger partial charge in [-0.1, -0.05) is 18.2 Å². The fraction of sp³-hybridized carbons (Fsp3) is 0.200. The summed E-state index contributed by atoms with van der Waals surface area (Å²) in [7, 11) is 1.51. The number of nitrogens with zero attached hydrogens (tertiary/aromatic N) is 1. The highest BCUT2D eigenvalue weighted by Crippen LogP contribution is 2.39. The molecule has 1 unspecified atom stereocenters. The second-order valence-electron chi connectivity index (χ2n) is 7.77. The molecule has 1 saturated heterocycles. The lowest BCUT2D eigenvalue weighted by Crippen LogP contribution is -2.24. The number of hydrogen-bond acceptors (Lipinski definition) is 4. The first-order valence-corrected chi connectivity index (χ1v) is 10.2. The van der Waals surface area contributed by atoms with E-state index in [0.29, 0.717) is 35.7 Å². The smallest absolute Gasteiger partial charge is 0.248 e. The van der Waals surface area contributed by atoms with Crippen LogP contribution in [-0.2, 0) is 4.79 Å². The first-order chi connectivity index (χ1) is 15.4. The van der Waals surface area contributed by atoms with Crippen molar-refractivity contribution in [3.8, 4) is 17.2 Å². The lowest BCUT2D eigenvalue weighted by atomic mass is 9.98. The monoisotopic (exact) mass is 434 g/mol. The van der Waals surface area contributed by atoms with Gasteiger partial charge in [0, 0.05) is 30.1 Å². The highest BCUT2D eigenvalue weighted by Gasteiger charge is 2.32. The van der Waals surface area contributed by atoms with Gasteiger partial charge in [-0.05, 0) is 60.5 Å². The molecule has 1 atom stereocenters. The third kappa shape index (κ3) is 4.27. The first kappa shape index (κ1) is 21.4. The molecule has 2 amide bonds. The summed E-state index contributed by atoms with van der Waals surface area (Å²) in [5, 5.41) is 0. The average molecular weight is 434 g/mol. The van der Waals surface area contributed by atoms with Gasteiger partial charge in [0.05, 0.1) is 7.11 Å². The van der Waals surface area contributed by atoms with Crippen molar-refractivity contribution in [2.45, 2.75) is 19.3 Å². The van der Waals surface area contributed by atoms with Gasteiger partial charge in [0.2, 0.25) is 11.8 Å². The van der Waals surface area contributed by atoms with Crippen molar-refractivity contribution in [1.82, 2.24) is 0 Å². The van der Waals surface area contributed by atoms with Gasteiger partial charge in [-0.15, -0.1) is 0 Å². The van der Waals surface area contributed by atoms with E-state index in [-0.39, 0.29) is 17.6 Å². The molecule has 1 aliphatic rings. The second kappa shape index (κ2) is 8.70. The SMILES string of the molecule is COc1ccc(C2CC(=O)N(c3cccc(C(N)=O)c3)C2)cc1Oc1cc(C)ccc1F. The molecular weight excluding hydrogens is 411 g/mol. The molecule has 6 nitrogen and oxygen atoms in total. The van der Waals surface area contributed by atoms with Crippen LogP contribution in [0.1, 0.15) is 33.8 Å². The number of carbonyl (C=O) groups is 2. The van der Waals surface area contributed by atoms with E-state index < -0.39 is 11.7 Å². The minimum absolute atomic E-state index is 0.0559. The number of hydrogen-bond donors (Lipinski definition) is 1. The van der Waals surface area contributed by atoms with Crippen LogP contribution in [0.4, 0.5) is 10.1 Å². The standard InChI is InChI=1S/C25H23FN2O4/c1-15-6-8-20(26)22(10-15)32-23-12-16(7-9-21(23)31-2)18-13-24(29)28(14-18)19-5-3-4-17(11-19)25(27)30/h3-12,18H,13-14H2,1-2H3,(H2,27,30). The van der Waals surface area contributed by atoms with E-state index >= 15 is 0 Å². The number of halogens is 1.